The first-order chi connectivity index (χ1) is 24.2. The van der Waals surface area contributed by atoms with E-state index in [1.165, 1.54) is 0 Å². The maximum absolute atomic E-state index is 13.0. The van der Waals surface area contributed by atoms with Crippen molar-refractivity contribution in [2.24, 2.45) is 7.05 Å². The lowest BCUT2D eigenvalue weighted by atomic mass is 10.0. The van der Waals surface area contributed by atoms with Crippen LogP contribution in [0.2, 0.25) is 0 Å². The van der Waals surface area contributed by atoms with E-state index in [1.54, 1.807) is 42.2 Å². The Hall–Kier alpha value is -5.77. The number of morpholine rings is 1. The van der Waals surface area contributed by atoms with Crippen molar-refractivity contribution in [1.82, 2.24) is 30.0 Å². The summed E-state index contributed by atoms with van der Waals surface area (Å²) < 4.78 is 13.3. The lowest BCUT2D eigenvalue weighted by Crippen LogP contribution is -2.41. The van der Waals surface area contributed by atoms with Crippen molar-refractivity contribution in [2.45, 2.75) is 26.2 Å². The van der Waals surface area contributed by atoms with Crippen molar-refractivity contribution in [3.63, 3.8) is 0 Å². The van der Waals surface area contributed by atoms with E-state index in [4.69, 9.17) is 15.9 Å². The molecule has 3 aromatic carbocycles. The number of benzene rings is 3. The average Bonchev–Trinajstić information content (AvgIpc) is 3.49. The maximum Gasteiger partial charge on any atom is 0.324 e. The highest BCUT2D eigenvalue weighted by Crippen LogP contribution is 2.34. The summed E-state index contributed by atoms with van der Waals surface area (Å²) in [6.07, 6.45) is 7.72. The number of carbonyl (C=O) groups is 2. The van der Waals surface area contributed by atoms with Gasteiger partial charge in [0.2, 0.25) is 5.88 Å². The highest BCUT2D eigenvalue weighted by molar-refractivity contribution is 6.07. The zero-order chi connectivity index (χ0) is 35.0. The summed E-state index contributed by atoms with van der Waals surface area (Å²) in [6, 6.07) is 19.8. The molecule has 12 heteroatoms. The van der Waals surface area contributed by atoms with Gasteiger partial charge in [0.1, 0.15) is 17.4 Å². The Morgan fingerprint density at radius 3 is 2.58 bits per heavy atom. The molecule has 3 amide bonds. The van der Waals surface area contributed by atoms with Gasteiger partial charge in [-0.1, -0.05) is 44.0 Å². The number of amides is 3. The Bertz CT molecular complexity index is 2040. The minimum Gasteiger partial charge on any atom is -0.438 e. The van der Waals surface area contributed by atoms with Crippen LogP contribution >= 0.6 is 0 Å². The Kier molecular flexibility index (Phi) is 10.7. The molecule has 1 aliphatic rings. The predicted octanol–water partition coefficient (Wildman–Crippen LogP) is 5.56. The fourth-order valence-corrected chi connectivity index (χ4v) is 5.71. The number of nitrogens with one attached hydrogen (secondary N) is 3. The number of aryl methyl sites for hydroxylation is 1. The molecule has 5 aromatic rings. The molecular weight excluding hydrogens is 632 g/mol. The smallest absolute Gasteiger partial charge is 0.324 e. The monoisotopic (exact) mass is 672 g/mol. The van der Waals surface area contributed by atoms with Crippen LogP contribution in [0.1, 0.15) is 52.8 Å². The molecule has 6 rings (SSSR count). The Labute approximate surface area is 291 Å². The van der Waals surface area contributed by atoms with Crippen molar-refractivity contribution in [3.8, 4) is 24.0 Å². The molecule has 0 aliphatic carbocycles. The number of aromatic nitrogens is 4. The van der Waals surface area contributed by atoms with Crippen molar-refractivity contribution in [2.75, 3.05) is 50.0 Å². The first kappa shape index (κ1) is 34.1. The first-order valence-electron chi connectivity index (χ1n) is 16.6. The molecule has 0 bridgehead atoms. The maximum atomic E-state index is 13.0. The third-order valence-electron chi connectivity index (χ3n) is 8.36. The van der Waals surface area contributed by atoms with Gasteiger partial charge in [0.15, 0.2) is 0 Å². The van der Waals surface area contributed by atoms with Gasteiger partial charge in [-0.05, 0) is 41.8 Å². The molecule has 2 aromatic heterocycles. The Morgan fingerprint density at radius 2 is 1.82 bits per heavy atom. The highest BCUT2D eigenvalue weighted by atomic mass is 16.5. The van der Waals surface area contributed by atoms with E-state index in [2.05, 4.69) is 55.7 Å². The number of ether oxygens (including phenoxy) is 2. The van der Waals surface area contributed by atoms with Gasteiger partial charge in [-0.3, -0.25) is 19.7 Å². The SMILES string of the molecule is C#Cc1cc(Cc2nccc(Oc3ccc(NC(=O)Nc4cc(C(C)C)nn4C)c4ccccc34)n2)cc(C(=O)NCCN2CCOCC2)c1. The number of fused-ring (bicyclic) bond motifs is 1. The number of urea groups is 1. The minimum absolute atomic E-state index is 0.186. The number of carbonyl (C=O) groups excluding carboxylic acids is 2. The zero-order valence-corrected chi connectivity index (χ0v) is 28.4. The van der Waals surface area contributed by atoms with Gasteiger partial charge in [-0.25, -0.2) is 9.78 Å². The Morgan fingerprint density at radius 1 is 1.02 bits per heavy atom. The lowest BCUT2D eigenvalue weighted by molar-refractivity contribution is 0.0383. The number of hydrogen-bond donors (Lipinski definition) is 3. The second kappa shape index (κ2) is 15.6. The van der Waals surface area contributed by atoms with Crippen molar-refractivity contribution >= 4 is 34.2 Å². The van der Waals surface area contributed by atoms with Crippen LogP contribution in [0.15, 0.2) is 72.9 Å². The predicted molar refractivity (Wildman–Crippen MR) is 193 cm³/mol. The van der Waals surface area contributed by atoms with Crippen LogP contribution in [-0.4, -0.2) is 76.0 Å². The van der Waals surface area contributed by atoms with Crippen LogP contribution in [-0.2, 0) is 18.2 Å². The molecule has 256 valence electrons. The van der Waals surface area contributed by atoms with Gasteiger partial charge < -0.3 is 20.1 Å². The highest BCUT2D eigenvalue weighted by Gasteiger charge is 2.16. The third kappa shape index (κ3) is 8.44. The fraction of sp³-hybridized carbons (Fsp3) is 0.289. The molecule has 0 spiro atoms. The summed E-state index contributed by atoms with van der Waals surface area (Å²) in [5.74, 6) is 4.72. The fourth-order valence-electron chi connectivity index (χ4n) is 5.71. The molecule has 0 atom stereocenters. The molecular formula is C38H40N8O4. The van der Waals surface area contributed by atoms with E-state index in [9.17, 15) is 9.59 Å². The van der Waals surface area contributed by atoms with Gasteiger partial charge in [0.05, 0.1) is 24.6 Å². The van der Waals surface area contributed by atoms with Gasteiger partial charge in [-0.15, -0.1) is 6.42 Å². The average molecular weight is 673 g/mol. The first-order valence-corrected chi connectivity index (χ1v) is 16.6. The number of hydrogen-bond acceptors (Lipinski definition) is 8. The van der Waals surface area contributed by atoms with Crippen LogP contribution in [0.4, 0.5) is 16.3 Å². The van der Waals surface area contributed by atoms with Crippen LogP contribution in [0.25, 0.3) is 10.8 Å². The quantitative estimate of drug-likeness (QED) is 0.155. The van der Waals surface area contributed by atoms with Crippen LogP contribution in [0.3, 0.4) is 0 Å². The topological polar surface area (TPSA) is 136 Å². The van der Waals surface area contributed by atoms with Crippen molar-refractivity contribution in [3.05, 3.63) is 101 Å². The van der Waals surface area contributed by atoms with Crippen LogP contribution < -0.4 is 20.7 Å². The molecule has 50 heavy (non-hydrogen) atoms. The summed E-state index contributed by atoms with van der Waals surface area (Å²) in [4.78, 5) is 37.4. The molecule has 0 unspecified atom stereocenters. The molecule has 0 saturated carbocycles. The molecule has 1 saturated heterocycles. The number of nitrogens with zero attached hydrogens (tertiary/aromatic N) is 5. The summed E-state index contributed by atoms with van der Waals surface area (Å²) in [7, 11) is 1.79. The van der Waals surface area contributed by atoms with E-state index in [-0.39, 0.29) is 17.9 Å². The van der Waals surface area contributed by atoms with Gasteiger partial charge in [-0.2, -0.15) is 10.1 Å². The molecule has 1 aliphatic heterocycles. The summed E-state index contributed by atoms with van der Waals surface area (Å²) in [5, 5.41) is 14.9. The molecule has 0 radical (unpaired) electrons. The Balaban J connectivity index is 1.14. The zero-order valence-electron chi connectivity index (χ0n) is 28.4. The van der Waals surface area contributed by atoms with Crippen molar-refractivity contribution in [1.29, 1.82) is 0 Å². The summed E-state index contributed by atoms with van der Waals surface area (Å²) >= 11 is 0. The standard InChI is InChI=1S/C38H40N8O4/c1-5-26-20-27(22-28(21-26)37(47)40-14-15-46-16-18-49-19-17-46)23-34-39-13-12-36(42-34)50-33-11-10-31(29-8-6-7-9-30(29)33)41-38(48)43-35-24-32(25(2)3)44-45(35)4/h1,6-13,20-22,24-25H,14-19,23H2,2-4H3,(H,40,47)(H2,41,43,48). The van der Waals surface area contributed by atoms with E-state index in [1.807, 2.05) is 42.5 Å². The second-order valence-electron chi connectivity index (χ2n) is 12.3. The van der Waals surface area contributed by atoms with Gasteiger partial charge in [0, 0.05) is 79.9 Å². The molecule has 1 fully saturated rings. The second-order valence-corrected chi connectivity index (χ2v) is 12.3. The minimum atomic E-state index is -0.384. The van der Waals surface area contributed by atoms with Gasteiger partial charge in [0.25, 0.3) is 5.91 Å². The summed E-state index contributed by atoms with van der Waals surface area (Å²) in [5.41, 5.74) is 3.41. The van der Waals surface area contributed by atoms with Gasteiger partial charge >= 0.3 is 6.03 Å². The normalized spacial score (nSPS) is 13.2. The molecule has 3 N–H and O–H groups in total. The van der Waals surface area contributed by atoms with E-state index in [0.29, 0.717) is 66.3 Å². The number of terminal acetylenes is 1. The van der Waals surface area contributed by atoms with E-state index < -0.39 is 0 Å². The largest absolute Gasteiger partial charge is 0.438 e. The molecule has 3 heterocycles. The van der Waals surface area contributed by atoms with Crippen LogP contribution in [0.5, 0.6) is 11.6 Å². The lowest BCUT2D eigenvalue weighted by Gasteiger charge is -2.26. The van der Waals surface area contributed by atoms with Crippen LogP contribution in [0, 0.1) is 12.3 Å². The molecule has 12 nitrogen and oxygen atoms in total. The summed E-state index contributed by atoms with van der Waals surface area (Å²) in [6.45, 7) is 8.53. The number of anilines is 2. The number of rotatable bonds is 11. The van der Waals surface area contributed by atoms with E-state index in [0.717, 1.165) is 41.7 Å². The van der Waals surface area contributed by atoms with E-state index >= 15 is 0 Å². The van der Waals surface area contributed by atoms with Crippen molar-refractivity contribution < 1.29 is 19.1 Å². The third-order valence-corrected chi connectivity index (χ3v) is 8.36.